The molecule has 0 aliphatic carbocycles. The predicted molar refractivity (Wildman–Crippen MR) is 252 cm³/mol. The van der Waals surface area contributed by atoms with Crippen LogP contribution < -0.4 is 0 Å². The first-order chi connectivity index (χ1) is 28.7. The van der Waals surface area contributed by atoms with Crippen LogP contribution in [0.5, 0.6) is 0 Å². The summed E-state index contributed by atoms with van der Waals surface area (Å²) in [6.07, 6.45) is 46.6. The number of unbranched alkanes of at least 4 members (excludes halogenated alkanes) is 32. The third-order valence-corrected chi connectivity index (χ3v) is 12.0. The molecule has 0 aliphatic heterocycles. The van der Waals surface area contributed by atoms with Gasteiger partial charge in [-0.15, -0.1) is 0 Å². The highest BCUT2D eigenvalue weighted by molar-refractivity contribution is 5.71. The van der Waals surface area contributed by atoms with E-state index in [1.54, 1.807) is 0 Å². The van der Waals surface area contributed by atoms with Gasteiger partial charge in [0, 0.05) is 19.3 Å². The van der Waals surface area contributed by atoms with E-state index in [2.05, 4.69) is 34.6 Å². The summed E-state index contributed by atoms with van der Waals surface area (Å²) in [5.74, 6) is 0.824. The molecule has 0 heterocycles. The van der Waals surface area contributed by atoms with Crippen LogP contribution in [-0.4, -0.2) is 37.2 Å². The van der Waals surface area contributed by atoms with Crippen molar-refractivity contribution in [3.05, 3.63) is 0 Å². The van der Waals surface area contributed by atoms with Gasteiger partial charge in [0.1, 0.15) is 13.2 Å². The molecule has 0 fully saturated rings. The van der Waals surface area contributed by atoms with Crippen molar-refractivity contribution in [2.75, 3.05) is 13.2 Å². The summed E-state index contributed by atoms with van der Waals surface area (Å²) in [6.45, 7) is 11.4. The molecule has 0 aromatic heterocycles. The van der Waals surface area contributed by atoms with Gasteiger partial charge in [-0.3, -0.25) is 14.4 Å². The minimum absolute atomic E-state index is 0.0635. The smallest absolute Gasteiger partial charge is 0.306 e. The normalized spacial score (nSPS) is 12.1. The van der Waals surface area contributed by atoms with Crippen molar-refractivity contribution in [1.29, 1.82) is 0 Å². The molecule has 0 amide bonds. The zero-order valence-electron chi connectivity index (χ0n) is 40.4. The van der Waals surface area contributed by atoms with Crippen LogP contribution in [0.4, 0.5) is 0 Å². The van der Waals surface area contributed by atoms with Crippen LogP contribution >= 0.6 is 0 Å². The molecule has 0 aromatic rings. The molecule has 6 heteroatoms. The topological polar surface area (TPSA) is 78.9 Å². The first-order valence-corrected chi connectivity index (χ1v) is 26.2. The third kappa shape index (κ3) is 47.3. The Bertz CT molecular complexity index is 900. The molecule has 59 heavy (non-hydrogen) atoms. The van der Waals surface area contributed by atoms with Crippen molar-refractivity contribution in [2.45, 2.75) is 298 Å². The van der Waals surface area contributed by atoms with Gasteiger partial charge in [0.2, 0.25) is 0 Å². The van der Waals surface area contributed by atoms with Gasteiger partial charge >= 0.3 is 17.9 Å². The highest BCUT2D eigenvalue weighted by atomic mass is 16.6. The summed E-state index contributed by atoms with van der Waals surface area (Å²) in [5.41, 5.74) is 0. The number of hydrogen-bond acceptors (Lipinski definition) is 6. The van der Waals surface area contributed by atoms with Crippen LogP contribution in [0.15, 0.2) is 0 Å². The second-order valence-electron chi connectivity index (χ2n) is 19.1. The van der Waals surface area contributed by atoms with E-state index in [0.29, 0.717) is 19.3 Å². The van der Waals surface area contributed by atoms with Crippen LogP contribution in [0, 0.1) is 11.8 Å². The lowest BCUT2D eigenvalue weighted by atomic mass is 10.0. The summed E-state index contributed by atoms with van der Waals surface area (Å²) >= 11 is 0. The Kier molecular flexibility index (Phi) is 44.7. The van der Waals surface area contributed by atoms with Crippen molar-refractivity contribution >= 4 is 17.9 Å². The fourth-order valence-corrected chi connectivity index (χ4v) is 7.99. The van der Waals surface area contributed by atoms with Crippen LogP contribution in [0.2, 0.25) is 0 Å². The van der Waals surface area contributed by atoms with Gasteiger partial charge < -0.3 is 14.2 Å². The second kappa shape index (κ2) is 45.9. The Morgan fingerprint density at radius 1 is 0.322 bits per heavy atom. The summed E-state index contributed by atoms with van der Waals surface area (Å²) in [7, 11) is 0. The van der Waals surface area contributed by atoms with E-state index in [1.165, 1.54) is 180 Å². The molecule has 0 N–H and O–H groups in total. The van der Waals surface area contributed by atoms with Gasteiger partial charge in [-0.05, 0) is 31.1 Å². The fraction of sp³-hybridized carbons (Fsp3) is 0.943. The maximum atomic E-state index is 12.8. The minimum atomic E-state index is -0.761. The molecule has 350 valence electrons. The van der Waals surface area contributed by atoms with E-state index in [1.807, 2.05) is 0 Å². The number of carbonyl (C=O) groups is 3. The summed E-state index contributed by atoms with van der Waals surface area (Å²) in [5, 5.41) is 0. The van der Waals surface area contributed by atoms with Crippen LogP contribution in [0.3, 0.4) is 0 Å². The standard InChI is InChI=1S/C53H102O6/c1-6-7-8-9-10-11-23-28-33-38-43-51(54)57-46-50(47-58-52(55)44-39-34-29-24-19-16-15-18-22-27-32-37-42-49(4)5)59-53(56)45-40-35-30-25-20-14-12-13-17-21-26-31-36-41-48(2)3/h48-50H,6-47H2,1-5H3/t50-/m0/s1. The quantitative estimate of drug-likeness (QED) is 0.0345. The number of carbonyl (C=O) groups excluding carboxylic acids is 3. The third-order valence-electron chi connectivity index (χ3n) is 12.0. The molecule has 0 bridgehead atoms. The Morgan fingerprint density at radius 3 is 0.831 bits per heavy atom. The lowest BCUT2D eigenvalue weighted by Gasteiger charge is -2.18. The number of esters is 3. The van der Waals surface area contributed by atoms with E-state index in [-0.39, 0.29) is 31.1 Å². The first kappa shape index (κ1) is 57.4. The molecule has 0 unspecified atom stereocenters. The molecular formula is C53H102O6. The summed E-state index contributed by atoms with van der Waals surface area (Å²) in [4.78, 5) is 37.9. The van der Waals surface area contributed by atoms with Gasteiger partial charge in [-0.2, -0.15) is 0 Å². The van der Waals surface area contributed by atoms with Gasteiger partial charge in [0.05, 0.1) is 0 Å². The molecule has 6 nitrogen and oxygen atoms in total. The molecular weight excluding hydrogens is 733 g/mol. The minimum Gasteiger partial charge on any atom is -0.462 e. The van der Waals surface area contributed by atoms with Crippen molar-refractivity contribution in [1.82, 2.24) is 0 Å². The molecule has 0 saturated heterocycles. The lowest BCUT2D eigenvalue weighted by molar-refractivity contribution is -0.167. The monoisotopic (exact) mass is 835 g/mol. The van der Waals surface area contributed by atoms with E-state index in [9.17, 15) is 14.4 Å². The molecule has 0 saturated carbocycles. The number of hydrogen-bond donors (Lipinski definition) is 0. The molecule has 0 spiro atoms. The Hall–Kier alpha value is -1.59. The summed E-state index contributed by atoms with van der Waals surface area (Å²) < 4.78 is 16.8. The average Bonchev–Trinajstić information content (AvgIpc) is 3.20. The predicted octanol–water partition coefficient (Wildman–Crippen LogP) is 16.9. The zero-order valence-corrected chi connectivity index (χ0v) is 40.4. The maximum Gasteiger partial charge on any atom is 0.306 e. The van der Waals surface area contributed by atoms with Gasteiger partial charge in [0.15, 0.2) is 6.10 Å². The van der Waals surface area contributed by atoms with E-state index >= 15 is 0 Å². The molecule has 1 atom stereocenters. The molecule has 0 aliphatic rings. The van der Waals surface area contributed by atoms with Gasteiger partial charge in [-0.25, -0.2) is 0 Å². The summed E-state index contributed by atoms with van der Waals surface area (Å²) in [6, 6.07) is 0. The highest BCUT2D eigenvalue weighted by Crippen LogP contribution is 2.17. The fourth-order valence-electron chi connectivity index (χ4n) is 7.99. The van der Waals surface area contributed by atoms with Crippen LogP contribution in [-0.2, 0) is 28.6 Å². The van der Waals surface area contributed by atoms with Gasteiger partial charge in [-0.1, -0.05) is 253 Å². The Morgan fingerprint density at radius 2 is 0.559 bits per heavy atom. The first-order valence-electron chi connectivity index (χ1n) is 26.2. The lowest BCUT2D eigenvalue weighted by Crippen LogP contribution is -2.30. The van der Waals surface area contributed by atoms with Gasteiger partial charge in [0.25, 0.3) is 0 Å². The Balaban J connectivity index is 4.29. The maximum absolute atomic E-state index is 12.8. The largest absolute Gasteiger partial charge is 0.462 e. The van der Waals surface area contributed by atoms with Crippen molar-refractivity contribution in [3.8, 4) is 0 Å². The number of rotatable bonds is 47. The van der Waals surface area contributed by atoms with E-state index in [4.69, 9.17) is 14.2 Å². The zero-order chi connectivity index (χ0) is 43.3. The van der Waals surface area contributed by atoms with Crippen LogP contribution in [0.1, 0.15) is 291 Å². The van der Waals surface area contributed by atoms with Crippen molar-refractivity contribution in [3.63, 3.8) is 0 Å². The molecule has 0 aromatic carbocycles. The van der Waals surface area contributed by atoms with E-state index < -0.39 is 6.10 Å². The second-order valence-corrected chi connectivity index (χ2v) is 19.1. The number of ether oxygens (including phenoxy) is 3. The Labute approximate surface area is 368 Å². The molecule has 0 radical (unpaired) electrons. The van der Waals surface area contributed by atoms with Crippen LogP contribution in [0.25, 0.3) is 0 Å². The van der Waals surface area contributed by atoms with Crippen molar-refractivity contribution < 1.29 is 28.6 Å². The molecule has 0 rings (SSSR count). The highest BCUT2D eigenvalue weighted by Gasteiger charge is 2.19. The average molecular weight is 835 g/mol. The van der Waals surface area contributed by atoms with Crippen molar-refractivity contribution in [2.24, 2.45) is 11.8 Å². The SMILES string of the molecule is CCCCCCCCCCCCC(=O)OC[C@@H](COC(=O)CCCCCCCCCCCCCCC(C)C)OC(=O)CCCCCCCCCCCCCCCC(C)C. The van der Waals surface area contributed by atoms with E-state index in [0.717, 1.165) is 69.6 Å².